The van der Waals surface area contributed by atoms with Crippen molar-refractivity contribution in [1.82, 2.24) is 15.1 Å². The smallest absolute Gasteiger partial charge is 0.193 e. The van der Waals surface area contributed by atoms with Crippen molar-refractivity contribution >= 4 is 5.96 Å². The van der Waals surface area contributed by atoms with Crippen LogP contribution in [0.2, 0.25) is 0 Å². The van der Waals surface area contributed by atoms with Crippen molar-refractivity contribution < 1.29 is 9.47 Å². The normalized spacial score (nSPS) is 21.8. The number of nitrogens with zero attached hydrogens (tertiary/aromatic N) is 3. The predicted octanol–water partition coefficient (Wildman–Crippen LogP) is 2.34. The van der Waals surface area contributed by atoms with E-state index >= 15 is 0 Å². The Labute approximate surface area is 169 Å². The molecular weight excluding hydrogens is 352 g/mol. The molecule has 6 heteroatoms. The summed E-state index contributed by atoms with van der Waals surface area (Å²) in [4.78, 5) is 10.0. The van der Waals surface area contributed by atoms with Crippen LogP contribution in [0.3, 0.4) is 0 Å². The minimum Gasteiger partial charge on any atom is -0.497 e. The van der Waals surface area contributed by atoms with Crippen LogP contribution < -0.4 is 10.1 Å². The zero-order valence-corrected chi connectivity index (χ0v) is 17.9. The molecule has 2 saturated heterocycles. The van der Waals surface area contributed by atoms with E-state index < -0.39 is 0 Å². The van der Waals surface area contributed by atoms with Crippen LogP contribution >= 0.6 is 0 Å². The molecule has 6 nitrogen and oxygen atoms in total. The van der Waals surface area contributed by atoms with Gasteiger partial charge in [-0.15, -0.1) is 0 Å². The van der Waals surface area contributed by atoms with Crippen molar-refractivity contribution in [3.05, 3.63) is 29.8 Å². The molecule has 0 radical (unpaired) electrons. The number of morpholine rings is 1. The third kappa shape index (κ3) is 5.17. The number of ether oxygens (including phenoxy) is 2. The predicted molar refractivity (Wildman–Crippen MR) is 114 cm³/mol. The first-order chi connectivity index (χ1) is 13.5. The van der Waals surface area contributed by atoms with Gasteiger partial charge in [-0.1, -0.05) is 26.0 Å². The Morgan fingerprint density at radius 1 is 1.21 bits per heavy atom. The number of nitrogens with one attached hydrogen (secondary N) is 1. The minimum absolute atomic E-state index is 0.0315. The number of rotatable bonds is 6. The molecule has 1 N–H and O–H groups in total. The lowest BCUT2D eigenvalue weighted by molar-refractivity contribution is 0.0195. The van der Waals surface area contributed by atoms with Crippen LogP contribution in [-0.2, 0) is 10.2 Å². The van der Waals surface area contributed by atoms with Crippen LogP contribution in [0.25, 0.3) is 0 Å². The van der Waals surface area contributed by atoms with Gasteiger partial charge in [-0.2, -0.15) is 0 Å². The van der Waals surface area contributed by atoms with Crippen molar-refractivity contribution in [2.24, 2.45) is 4.99 Å². The molecule has 0 aromatic heterocycles. The van der Waals surface area contributed by atoms with E-state index in [0.717, 1.165) is 64.2 Å². The summed E-state index contributed by atoms with van der Waals surface area (Å²) in [6.45, 7) is 14.2. The van der Waals surface area contributed by atoms with Gasteiger partial charge in [-0.3, -0.25) is 9.89 Å². The second-order valence-electron chi connectivity index (χ2n) is 8.32. The Morgan fingerprint density at radius 2 is 1.93 bits per heavy atom. The molecule has 2 fully saturated rings. The lowest BCUT2D eigenvalue weighted by Crippen LogP contribution is -2.47. The standard InChI is InChI=1S/C22H36N4O2/c1-5-23-21(26-11-10-19(16-26)25-12-14-28-15-13-25)24-17-22(2,3)18-6-8-20(27-4)9-7-18/h6-9,19H,5,10-17H2,1-4H3,(H,23,24). The van der Waals surface area contributed by atoms with Crippen LogP contribution in [0.1, 0.15) is 32.8 Å². The fourth-order valence-corrected chi connectivity index (χ4v) is 4.01. The Balaban J connectivity index is 1.64. The summed E-state index contributed by atoms with van der Waals surface area (Å²) in [5, 5.41) is 3.50. The summed E-state index contributed by atoms with van der Waals surface area (Å²) in [6.07, 6.45) is 1.20. The average Bonchev–Trinajstić information content (AvgIpc) is 3.22. The molecule has 0 spiro atoms. The number of hydrogen-bond acceptors (Lipinski definition) is 4. The minimum atomic E-state index is -0.0315. The van der Waals surface area contributed by atoms with Gasteiger partial charge in [0.25, 0.3) is 0 Å². The van der Waals surface area contributed by atoms with E-state index in [0.29, 0.717) is 6.04 Å². The molecule has 1 atom stereocenters. The van der Waals surface area contributed by atoms with Gasteiger partial charge in [0.15, 0.2) is 5.96 Å². The van der Waals surface area contributed by atoms with Gasteiger partial charge in [-0.25, -0.2) is 0 Å². The van der Waals surface area contributed by atoms with Crippen molar-refractivity contribution in [1.29, 1.82) is 0 Å². The van der Waals surface area contributed by atoms with Crippen molar-refractivity contribution in [2.45, 2.75) is 38.6 Å². The summed E-state index contributed by atoms with van der Waals surface area (Å²) in [6, 6.07) is 8.96. The molecule has 1 aromatic rings. The highest BCUT2D eigenvalue weighted by Gasteiger charge is 2.30. The Morgan fingerprint density at radius 3 is 2.57 bits per heavy atom. The maximum atomic E-state index is 5.51. The molecule has 0 amide bonds. The van der Waals surface area contributed by atoms with Crippen molar-refractivity contribution in [2.75, 3.05) is 59.6 Å². The van der Waals surface area contributed by atoms with Crippen LogP contribution in [0.15, 0.2) is 29.3 Å². The van der Waals surface area contributed by atoms with Crippen molar-refractivity contribution in [3.8, 4) is 5.75 Å². The Hall–Kier alpha value is -1.79. The maximum Gasteiger partial charge on any atom is 0.193 e. The number of likely N-dealkylation sites (tertiary alicyclic amines) is 1. The van der Waals surface area contributed by atoms with E-state index in [1.165, 1.54) is 12.0 Å². The number of benzene rings is 1. The Kier molecular flexibility index (Phi) is 7.18. The molecule has 2 heterocycles. The summed E-state index contributed by atoms with van der Waals surface area (Å²) >= 11 is 0. The first kappa shape index (κ1) is 20.9. The molecule has 1 aromatic carbocycles. The molecular formula is C22H36N4O2. The molecule has 156 valence electrons. The Bertz CT molecular complexity index is 638. The molecule has 0 aliphatic carbocycles. The van der Waals surface area contributed by atoms with Gasteiger partial charge in [0.2, 0.25) is 0 Å². The number of guanidine groups is 1. The van der Waals surface area contributed by atoms with E-state index in [1.807, 2.05) is 12.1 Å². The van der Waals surface area contributed by atoms with Gasteiger partial charge in [-0.05, 0) is 31.0 Å². The summed E-state index contributed by atoms with van der Waals surface area (Å²) in [5.41, 5.74) is 1.25. The molecule has 0 saturated carbocycles. The number of methoxy groups -OCH3 is 1. The fraction of sp³-hybridized carbons (Fsp3) is 0.682. The van der Waals surface area contributed by atoms with E-state index in [2.05, 4.69) is 48.0 Å². The van der Waals surface area contributed by atoms with Crippen molar-refractivity contribution in [3.63, 3.8) is 0 Å². The zero-order valence-electron chi connectivity index (χ0n) is 17.9. The van der Waals surface area contributed by atoms with Crippen LogP contribution in [-0.4, -0.2) is 81.4 Å². The zero-order chi connectivity index (χ0) is 20.0. The third-order valence-electron chi connectivity index (χ3n) is 5.86. The SMILES string of the molecule is CCNC(=NCC(C)(C)c1ccc(OC)cc1)N1CCC(N2CCOCC2)C1. The van der Waals surface area contributed by atoms with E-state index in [9.17, 15) is 0 Å². The maximum absolute atomic E-state index is 5.51. The van der Waals surface area contributed by atoms with E-state index in [1.54, 1.807) is 7.11 Å². The first-order valence-corrected chi connectivity index (χ1v) is 10.5. The molecule has 2 aliphatic rings. The molecule has 3 rings (SSSR count). The topological polar surface area (TPSA) is 49.3 Å². The third-order valence-corrected chi connectivity index (χ3v) is 5.86. The molecule has 1 unspecified atom stereocenters. The summed E-state index contributed by atoms with van der Waals surface area (Å²) in [7, 11) is 1.70. The van der Waals surface area contributed by atoms with E-state index in [-0.39, 0.29) is 5.41 Å². The van der Waals surface area contributed by atoms with Crippen LogP contribution in [0.5, 0.6) is 5.75 Å². The quantitative estimate of drug-likeness (QED) is 0.599. The fourth-order valence-electron chi connectivity index (χ4n) is 4.01. The molecule has 0 bridgehead atoms. The van der Waals surface area contributed by atoms with Gasteiger partial charge in [0.05, 0.1) is 26.9 Å². The van der Waals surface area contributed by atoms with Gasteiger partial charge < -0.3 is 19.7 Å². The van der Waals surface area contributed by atoms with Gasteiger partial charge in [0.1, 0.15) is 5.75 Å². The van der Waals surface area contributed by atoms with Crippen LogP contribution in [0.4, 0.5) is 0 Å². The second-order valence-corrected chi connectivity index (χ2v) is 8.32. The first-order valence-electron chi connectivity index (χ1n) is 10.5. The van der Waals surface area contributed by atoms with Gasteiger partial charge >= 0.3 is 0 Å². The molecule has 2 aliphatic heterocycles. The highest BCUT2D eigenvalue weighted by molar-refractivity contribution is 5.80. The average molecular weight is 389 g/mol. The molecule has 28 heavy (non-hydrogen) atoms. The van der Waals surface area contributed by atoms with Crippen LogP contribution in [0, 0.1) is 0 Å². The summed E-state index contributed by atoms with van der Waals surface area (Å²) < 4.78 is 10.8. The van der Waals surface area contributed by atoms with E-state index in [4.69, 9.17) is 14.5 Å². The second kappa shape index (κ2) is 9.61. The lowest BCUT2D eigenvalue weighted by Gasteiger charge is -2.32. The van der Waals surface area contributed by atoms with Gasteiger partial charge in [0, 0.05) is 44.2 Å². The highest BCUT2D eigenvalue weighted by atomic mass is 16.5. The monoisotopic (exact) mass is 388 g/mol. The lowest BCUT2D eigenvalue weighted by atomic mass is 9.85. The highest BCUT2D eigenvalue weighted by Crippen LogP contribution is 2.26. The largest absolute Gasteiger partial charge is 0.497 e. The number of aliphatic imine (C=N–C) groups is 1. The number of hydrogen-bond donors (Lipinski definition) is 1. The summed E-state index contributed by atoms with van der Waals surface area (Å²) in [5.74, 6) is 1.93.